The molecule has 7 nitrogen and oxygen atoms in total. The number of H-pyrrole nitrogens is 1. The van der Waals surface area contributed by atoms with Crippen LogP contribution in [0, 0.1) is 24.0 Å². The molecule has 0 amide bonds. The van der Waals surface area contributed by atoms with Gasteiger partial charge in [0, 0.05) is 17.8 Å². The number of rotatable bonds is 3. The van der Waals surface area contributed by atoms with Gasteiger partial charge in [0.05, 0.1) is 15.8 Å². The van der Waals surface area contributed by atoms with Gasteiger partial charge in [-0.05, 0) is 43.2 Å². The van der Waals surface area contributed by atoms with Crippen molar-refractivity contribution in [2.45, 2.75) is 13.8 Å². The lowest BCUT2D eigenvalue weighted by molar-refractivity contribution is -0.384. The molecule has 0 bridgehead atoms. The molecule has 0 saturated heterocycles. The lowest BCUT2D eigenvalue weighted by atomic mass is 10.1. The molecular formula is C16H14N4O3. The minimum Gasteiger partial charge on any atom is -0.326 e. The third-order valence-corrected chi connectivity index (χ3v) is 3.39. The molecule has 0 aliphatic rings. The molecule has 3 rings (SSSR count). The molecule has 2 N–H and O–H groups in total. The number of anilines is 2. The number of benzene rings is 2. The first-order chi connectivity index (χ1) is 10.9. The summed E-state index contributed by atoms with van der Waals surface area (Å²) in [6, 6.07) is 9.85. The molecule has 2 aromatic carbocycles. The zero-order valence-corrected chi connectivity index (χ0v) is 12.6. The molecule has 0 aliphatic heterocycles. The van der Waals surface area contributed by atoms with E-state index in [0.29, 0.717) is 5.39 Å². The van der Waals surface area contributed by atoms with Crippen LogP contribution in [0.4, 0.5) is 17.3 Å². The zero-order valence-electron chi connectivity index (χ0n) is 12.6. The standard InChI is InChI=1S/C16H14N4O3/c1-9-5-10(2)7-11(6-9)17-16-18-14-8-12(20(22)23)3-4-13(14)15(21)19-16/h3-8H,1-2H3,(H2,17,18,19,21). The van der Waals surface area contributed by atoms with Crippen molar-refractivity contribution in [1.29, 1.82) is 0 Å². The summed E-state index contributed by atoms with van der Waals surface area (Å²) < 4.78 is 0. The number of hydrogen-bond donors (Lipinski definition) is 2. The molecule has 0 atom stereocenters. The van der Waals surface area contributed by atoms with Gasteiger partial charge in [0.1, 0.15) is 0 Å². The van der Waals surface area contributed by atoms with E-state index in [9.17, 15) is 14.9 Å². The predicted molar refractivity (Wildman–Crippen MR) is 88.2 cm³/mol. The van der Waals surface area contributed by atoms with E-state index in [1.54, 1.807) is 0 Å². The Hall–Kier alpha value is -3.22. The topological polar surface area (TPSA) is 101 Å². The van der Waals surface area contributed by atoms with Crippen LogP contribution in [0.5, 0.6) is 0 Å². The molecule has 1 heterocycles. The molecule has 116 valence electrons. The Bertz CT molecular complexity index is 958. The van der Waals surface area contributed by atoms with Crippen LogP contribution in [0.3, 0.4) is 0 Å². The van der Waals surface area contributed by atoms with E-state index in [1.807, 2.05) is 32.0 Å². The molecule has 0 aliphatic carbocycles. The van der Waals surface area contributed by atoms with E-state index in [1.165, 1.54) is 18.2 Å². The van der Waals surface area contributed by atoms with Gasteiger partial charge in [-0.15, -0.1) is 0 Å². The lowest BCUT2D eigenvalue weighted by Gasteiger charge is -2.08. The molecule has 7 heteroatoms. The van der Waals surface area contributed by atoms with Crippen LogP contribution in [-0.4, -0.2) is 14.9 Å². The summed E-state index contributed by atoms with van der Waals surface area (Å²) in [6.07, 6.45) is 0. The number of nitrogens with one attached hydrogen (secondary N) is 2. The number of non-ortho nitro benzene ring substituents is 1. The molecule has 1 aromatic heterocycles. The largest absolute Gasteiger partial charge is 0.326 e. The van der Waals surface area contributed by atoms with Gasteiger partial charge in [-0.3, -0.25) is 19.9 Å². The number of aromatic nitrogens is 2. The maximum Gasteiger partial charge on any atom is 0.271 e. The molecule has 0 saturated carbocycles. The first kappa shape index (κ1) is 14.7. The van der Waals surface area contributed by atoms with Crippen LogP contribution in [0.15, 0.2) is 41.2 Å². The van der Waals surface area contributed by atoms with Gasteiger partial charge in [0.2, 0.25) is 5.95 Å². The third kappa shape index (κ3) is 3.03. The summed E-state index contributed by atoms with van der Waals surface area (Å²) >= 11 is 0. The average Bonchev–Trinajstić information content (AvgIpc) is 2.45. The van der Waals surface area contributed by atoms with Crippen LogP contribution < -0.4 is 10.9 Å². The van der Waals surface area contributed by atoms with E-state index in [-0.39, 0.29) is 22.7 Å². The van der Waals surface area contributed by atoms with Crippen LogP contribution in [0.2, 0.25) is 0 Å². The molecule has 0 spiro atoms. The summed E-state index contributed by atoms with van der Waals surface area (Å²) in [4.78, 5) is 29.3. The van der Waals surface area contributed by atoms with Crippen molar-refractivity contribution in [3.63, 3.8) is 0 Å². The number of aromatic amines is 1. The van der Waals surface area contributed by atoms with Gasteiger partial charge >= 0.3 is 0 Å². The lowest BCUT2D eigenvalue weighted by Crippen LogP contribution is -2.11. The second kappa shape index (κ2) is 5.53. The highest BCUT2D eigenvalue weighted by Gasteiger charge is 2.10. The summed E-state index contributed by atoms with van der Waals surface area (Å²) in [5, 5.41) is 14.2. The Morgan fingerprint density at radius 2 is 1.83 bits per heavy atom. The Morgan fingerprint density at radius 3 is 2.48 bits per heavy atom. The average molecular weight is 310 g/mol. The Kier molecular flexibility index (Phi) is 3.53. The fourth-order valence-electron chi connectivity index (χ4n) is 2.48. The smallest absolute Gasteiger partial charge is 0.271 e. The molecule has 23 heavy (non-hydrogen) atoms. The van der Waals surface area contributed by atoms with Crippen molar-refractivity contribution >= 4 is 28.2 Å². The van der Waals surface area contributed by atoms with Crippen molar-refractivity contribution < 1.29 is 4.92 Å². The van der Waals surface area contributed by atoms with Gasteiger partial charge in [-0.2, -0.15) is 0 Å². The predicted octanol–water partition coefficient (Wildman–Crippen LogP) is 3.19. The summed E-state index contributed by atoms with van der Waals surface area (Å²) in [5.41, 5.74) is 2.76. The summed E-state index contributed by atoms with van der Waals surface area (Å²) in [7, 11) is 0. The fraction of sp³-hybridized carbons (Fsp3) is 0.125. The monoisotopic (exact) mass is 310 g/mol. The van der Waals surface area contributed by atoms with Gasteiger partial charge < -0.3 is 5.32 Å². The molecule has 0 radical (unpaired) electrons. The highest BCUT2D eigenvalue weighted by Crippen LogP contribution is 2.20. The van der Waals surface area contributed by atoms with Gasteiger partial charge in [0.25, 0.3) is 11.2 Å². The van der Waals surface area contributed by atoms with E-state index in [2.05, 4.69) is 15.3 Å². The van der Waals surface area contributed by atoms with E-state index in [0.717, 1.165) is 16.8 Å². The first-order valence-electron chi connectivity index (χ1n) is 6.96. The SMILES string of the molecule is Cc1cc(C)cc(Nc2nc3cc([N+](=O)[O-])ccc3c(=O)[nH]2)c1. The Morgan fingerprint density at radius 1 is 1.13 bits per heavy atom. The van der Waals surface area contributed by atoms with Gasteiger partial charge in [-0.1, -0.05) is 6.07 Å². The minimum absolute atomic E-state index is 0.104. The number of nitrogens with zero attached hydrogens (tertiary/aromatic N) is 2. The normalized spacial score (nSPS) is 10.7. The Balaban J connectivity index is 2.07. The highest BCUT2D eigenvalue weighted by molar-refractivity contribution is 5.81. The Labute approximate surface area is 131 Å². The van der Waals surface area contributed by atoms with Crippen molar-refractivity contribution in [2.24, 2.45) is 0 Å². The van der Waals surface area contributed by atoms with Crippen molar-refractivity contribution in [3.05, 3.63) is 68.0 Å². The number of nitro groups is 1. The fourth-order valence-corrected chi connectivity index (χ4v) is 2.48. The number of hydrogen-bond acceptors (Lipinski definition) is 5. The van der Waals surface area contributed by atoms with Crippen molar-refractivity contribution in [3.8, 4) is 0 Å². The van der Waals surface area contributed by atoms with Crippen LogP contribution in [0.25, 0.3) is 10.9 Å². The molecule has 3 aromatic rings. The molecular weight excluding hydrogens is 296 g/mol. The summed E-state index contributed by atoms with van der Waals surface area (Å²) in [6.45, 7) is 3.94. The number of fused-ring (bicyclic) bond motifs is 1. The van der Waals surface area contributed by atoms with Crippen molar-refractivity contribution in [2.75, 3.05) is 5.32 Å². The number of aryl methyl sites for hydroxylation is 2. The second-order valence-electron chi connectivity index (χ2n) is 5.37. The summed E-state index contributed by atoms with van der Waals surface area (Å²) in [5.74, 6) is 0.244. The zero-order chi connectivity index (χ0) is 16.6. The van der Waals surface area contributed by atoms with E-state index < -0.39 is 4.92 Å². The second-order valence-corrected chi connectivity index (χ2v) is 5.37. The maximum atomic E-state index is 12.1. The van der Waals surface area contributed by atoms with Crippen molar-refractivity contribution in [1.82, 2.24) is 9.97 Å². The molecule has 0 fully saturated rings. The molecule has 0 unspecified atom stereocenters. The van der Waals surface area contributed by atoms with E-state index >= 15 is 0 Å². The first-order valence-corrected chi connectivity index (χ1v) is 6.96. The maximum absolute atomic E-state index is 12.1. The van der Waals surface area contributed by atoms with Gasteiger partial charge in [0.15, 0.2) is 0 Å². The van der Waals surface area contributed by atoms with Gasteiger partial charge in [-0.25, -0.2) is 4.98 Å². The quantitative estimate of drug-likeness (QED) is 0.571. The van der Waals surface area contributed by atoms with Crippen LogP contribution in [-0.2, 0) is 0 Å². The minimum atomic E-state index is -0.515. The third-order valence-electron chi connectivity index (χ3n) is 3.39. The van der Waals surface area contributed by atoms with E-state index in [4.69, 9.17) is 0 Å². The highest BCUT2D eigenvalue weighted by atomic mass is 16.6. The number of nitro benzene ring substituents is 1. The van der Waals surface area contributed by atoms with Crippen LogP contribution in [0.1, 0.15) is 11.1 Å². The van der Waals surface area contributed by atoms with Crippen LogP contribution >= 0.6 is 0 Å².